The molecule has 3 rings (SSSR count). The molecular formula is C19H20N6O4. The second-order valence-corrected chi connectivity index (χ2v) is 7.11. The highest BCUT2D eigenvalue weighted by Gasteiger charge is 2.20. The number of ether oxygens (including phenoxy) is 1. The average Bonchev–Trinajstić information content (AvgIpc) is 3.12. The molecule has 1 aromatic carbocycles. The number of benzene rings is 1. The van der Waals surface area contributed by atoms with E-state index in [0.717, 1.165) is 0 Å². The molecule has 0 saturated carbocycles. The molecule has 2 heterocycles. The van der Waals surface area contributed by atoms with Gasteiger partial charge in [0.15, 0.2) is 17.3 Å². The Morgan fingerprint density at radius 2 is 1.76 bits per heavy atom. The minimum absolute atomic E-state index is 0.0226. The van der Waals surface area contributed by atoms with E-state index in [4.69, 9.17) is 15.0 Å². The van der Waals surface area contributed by atoms with Gasteiger partial charge in [-0.2, -0.15) is 0 Å². The van der Waals surface area contributed by atoms with Crippen LogP contribution in [0, 0.1) is 0 Å². The first-order chi connectivity index (χ1) is 13.7. The molecule has 0 aliphatic rings. The predicted octanol–water partition coefficient (Wildman–Crippen LogP) is 3.21. The van der Waals surface area contributed by atoms with Gasteiger partial charge in [-0.25, -0.2) is 14.8 Å². The summed E-state index contributed by atoms with van der Waals surface area (Å²) >= 11 is 0. The topological polar surface area (TPSA) is 145 Å². The van der Waals surface area contributed by atoms with Crippen LogP contribution < -0.4 is 21.1 Å². The summed E-state index contributed by atoms with van der Waals surface area (Å²) in [6.45, 7) is 5.90. The number of carbonyl (C=O) groups excluding carboxylic acids is 2. The highest BCUT2D eigenvalue weighted by atomic mass is 16.6. The summed E-state index contributed by atoms with van der Waals surface area (Å²) < 4.78 is 10.4. The number of nitrogen functional groups attached to an aromatic ring is 1. The van der Waals surface area contributed by atoms with Gasteiger partial charge in [-0.15, -0.1) is 0 Å². The van der Waals surface area contributed by atoms with Crippen molar-refractivity contribution in [2.24, 2.45) is 0 Å². The molecule has 4 N–H and O–H groups in total. The van der Waals surface area contributed by atoms with E-state index in [9.17, 15) is 9.59 Å². The van der Waals surface area contributed by atoms with Crippen molar-refractivity contribution in [1.29, 1.82) is 0 Å². The molecule has 0 aliphatic heterocycles. The number of rotatable bonds is 4. The van der Waals surface area contributed by atoms with E-state index in [2.05, 4.69) is 25.8 Å². The lowest BCUT2D eigenvalue weighted by Gasteiger charge is -2.12. The summed E-state index contributed by atoms with van der Waals surface area (Å²) in [6, 6.07) is 7.83. The Kier molecular flexibility index (Phi) is 5.44. The highest BCUT2D eigenvalue weighted by Crippen LogP contribution is 2.24. The summed E-state index contributed by atoms with van der Waals surface area (Å²) in [5, 5.41) is 8.92. The molecule has 0 saturated heterocycles. The smallest absolute Gasteiger partial charge is 0.410 e. The fraction of sp³-hybridized carbons (Fsp3) is 0.211. The molecule has 0 atom stereocenters. The zero-order valence-electron chi connectivity index (χ0n) is 16.1. The van der Waals surface area contributed by atoms with Gasteiger partial charge in [-0.05, 0) is 24.3 Å². The van der Waals surface area contributed by atoms with Gasteiger partial charge >= 0.3 is 6.09 Å². The van der Waals surface area contributed by atoms with Gasteiger partial charge in [0.1, 0.15) is 11.5 Å². The number of carbonyl (C=O) groups is 2. The Morgan fingerprint density at radius 3 is 2.38 bits per heavy atom. The van der Waals surface area contributed by atoms with Gasteiger partial charge in [-0.3, -0.25) is 10.1 Å². The standard InChI is InChI=1S/C19H20N6O4/c1-19(2,3)13-10-14(25-29-13)24-18(27)28-12-6-4-11(5-7-12)23-17(26)15-16(20)22-9-8-21-15/h4-10H,1-3H3,(H2,20,22)(H,23,26)(H,24,25,27). The van der Waals surface area contributed by atoms with Crippen molar-refractivity contribution in [3.05, 3.63) is 54.2 Å². The summed E-state index contributed by atoms with van der Waals surface area (Å²) in [5.74, 6) is 0.702. The van der Waals surface area contributed by atoms with Crippen molar-refractivity contribution in [2.75, 3.05) is 16.4 Å². The van der Waals surface area contributed by atoms with E-state index < -0.39 is 12.0 Å². The molecule has 3 aromatic rings. The van der Waals surface area contributed by atoms with Crippen LogP contribution >= 0.6 is 0 Å². The van der Waals surface area contributed by atoms with Gasteiger partial charge in [-0.1, -0.05) is 25.9 Å². The SMILES string of the molecule is CC(C)(C)c1cc(NC(=O)Oc2ccc(NC(=O)c3nccnc3N)cc2)no1. The lowest BCUT2D eigenvalue weighted by molar-refractivity contribution is 0.102. The third-order valence-electron chi connectivity index (χ3n) is 3.74. The molecule has 0 unspecified atom stereocenters. The molecule has 2 amide bonds. The first-order valence-electron chi connectivity index (χ1n) is 8.66. The summed E-state index contributed by atoms with van der Waals surface area (Å²) in [4.78, 5) is 31.9. The van der Waals surface area contributed by atoms with Crippen LogP contribution in [-0.2, 0) is 5.41 Å². The molecule has 29 heavy (non-hydrogen) atoms. The molecule has 150 valence electrons. The van der Waals surface area contributed by atoms with Crippen LogP contribution in [0.4, 0.5) is 22.1 Å². The minimum atomic E-state index is -0.720. The highest BCUT2D eigenvalue weighted by molar-refractivity contribution is 6.05. The second-order valence-electron chi connectivity index (χ2n) is 7.11. The Bertz CT molecular complexity index is 1020. The minimum Gasteiger partial charge on any atom is -0.410 e. The van der Waals surface area contributed by atoms with Gasteiger partial charge in [0.2, 0.25) is 0 Å². The van der Waals surface area contributed by atoms with Crippen molar-refractivity contribution in [2.45, 2.75) is 26.2 Å². The molecule has 0 radical (unpaired) electrons. The second kappa shape index (κ2) is 7.97. The zero-order valence-corrected chi connectivity index (χ0v) is 16.1. The largest absolute Gasteiger partial charge is 0.418 e. The fourth-order valence-corrected chi connectivity index (χ4v) is 2.25. The van der Waals surface area contributed by atoms with E-state index >= 15 is 0 Å². The van der Waals surface area contributed by atoms with Crippen LogP contribution in [0.1, 0.15) is 37.0 Å². The maximum absolute atomic E-state index is 12.2. The van der Waals surface area contributed by atoms with Gasteiger partial charge in [0, 0.05) is 29.6 Å². The first-order valence-corrected chi connectivity index (χ1v) is 8.66. The third-order valence-corrected chi connectivity index (χ3v) is 3.74. The Morgan fingerprint density at radius 1 is 1.07 bits per heavy atom. The van der Waals surface area contributed by atoms with E-state index in [1.165, 1.54) is 24.5 Å². The first kappa shape index (κ1) is 19.8. The van der Waals surface area contributed by atoms with Gasteiger partial charge < -0.3 is 20.3 Å². The third kappa shape index (κ3) is 5.06. The summed E-state index contributed by atoms with van der Waals surface area (Å²) in [5.41, 5.74) is 5.90. The van der Waals surface area contributed by atoms with Crippen molar-refractivity contribution >= 4 is 29.3 Å². The number of amides is 2. The molecule has 2 aromatic heterocycles. The van der Waals surface area contributed by atoms with Crippen molar-refractivity contribution in [3.63, 3.8) is 0 Å². The fourth-order valence-electron chi connectivity index (χ4n) is 2.25. The van der Waals surface area contributed by atoms with Crippen molar-refractivity contribution in [1.82, 2.24) is 15.1 Å². The quantitative estimate of drug-likeness (QED) is 0.609. The van der Waals surface area contributed by atoms with Gasteiger partial charge in [0.05, 0.1) is 0 Å². The normalized spacial score (nSPS) is 11.0. The van der Waals surface area contributed by atoms with Gasteiger partial charge in [0.25, 0.3) is 5.91 Å². The average molecular weight is 396 g/mol. The van der Waals surface area contributed by atoms with Crippen LogP contribution in [-0.4, -0.2) is 27.1 Å². The number of hydrogen-bond donors (Lipinski definition) is 3. The zero-order chi connectivity index (χ0) is 21.0. The number of nitrogens with two attached hydrogens (primary N) is 1. The maximum Gasteiger partial charge on any atom is 0.418 e. The number of nitrogens with zero attached hydrogens (tertiary/aromatic N) is 3. The van der Waals surface area contributed by atoms with Crippen LogP contribution in [0.5, 0.6) is 5.75 Å². The lowest BCUT2D eigenvalue weighted by atomic mass is 9.93. The predicted molar refractivity (Wildman–Crippen MR) is 106 cm³/mol. The molecular weight excluding hydrogens is 376 g/mol. The van der Waals surface area contributed by atoms with E-state index in [1.54, 1.807) is 18.2 Å². The number of hydrogen-bond acceptors (Lipinski definition) is 8. The summed E-state index contributed by atoms with van der Waals surface area (Å²) in [6.07, 6.45) is 2.05. The van der Waals surface area contributed by atoms with Crippen molar-refractivity contribution in [3.8, 4) is 5.75 Å². The van der Waals surface area contributed by atoms with E-state index in [0.29, 0.717) is 11.4 Å². The monoisotopic (exact) mass is 396 g/mol. The molecule has 10 heteroatoms. The Labute approximate surface area is 166 Å². The maximum atomic E-state index is 12.2. The Balaban J connectivity index is 1.57. The van der Waals surface area contributed by atoms with Crippen LogP contribution in [0.2, 0.25) is 0 Å². The molecule has 0 aliphatic carbocycles. The lowest BCUT2D eigenvalue weighted by Crippen LogP contribution is -2.17. The summed E-state index contributed by atoms with van der Waals surface area (Å²) in [7, 11) is 0. The molecule has 0 bridgehead atoms. The Hall–Kier alpha value is -3.95. The van der Waals surface area contributed by atoms with Crippen LogP contribution in [0.25, 0.3) is 0 Å². The van der Waals surface area contributed by atoms with Crippen molar-refractivity contribution < 1.29 is 18.8 Å². The molecule has 10 nitrogen and oxygen atoms in total. The van der Waals surface area contributed by atoms with E-state index in [-0.39, 0.29) is 28.5 Å². The number of anilines is 3. The number of nitrogens with one attached hydrogen (secondary N) is 2. The van der Waals surface area contributed by atoms with E-state index in [1.807, 2.05) is 20.8 Å². The van der Waals surface area contributed by atoms with Crippen LogP contribution in [0.15, 0.2) is 47.2 Å². The number of aromatic nitrogens is 3. The molecule has 0 fully saturated rings. The molecule has 0 spiro atoms. The van der Waals surface area contributed by atoms with Crippen LogP contribution in [0.3, 0.4) is 0 Å².